The molecule has 3 N–H and O–H groups in total. The minimum Gasteiger partial charge on any atom is -0.290 e. The van der Waals surface area contributed by atoms with Gasteiger partial charge in [-0.25, -0.2) is 4.99 Å². The first-order valence-electron chi connectivity index (χ1n) is 6.61. The number of non-ortho nitro benzene ring substituents is 1. The Morgan fingerprint density at radius 1 is 1.36 bits per heavy atom. The molecule has 1 aromatic heterocycles. The van der Waals surface area contributed by atoms with E-state index in [9.17, 15) is 15.3 Å². The van der Waals surface area contributed by atoms with Gasteiger partial charge in [-0.3, -0.25) is 25.9 Å². The third-order valence-corrected chi connectivity index (χ3v) is 3.06. The molecular formula is C14H17N5O3. The van der Waals surface area contributed by atoms with E-state index in [1.54, 1.807) is 6.07 Å². The lowest BCUT2D eigenvalue weighted by Crippen LogP contribution is -2.19. The molecule has 1 aromatic carbocycles. The van der Waals surface area contributed by atoms with Crippen LogP contribution >= 0.6 is 0 Å². The van der Waals surface area contributed by atoms with Crippen molar-refractivity contribution < 1.29 is 10.1 Å². The Morgan fingerprint density at radius 3 is 2.45 bits per heavy atom. The number of hydrogen-bond acceptors (Lipinski definition) is 5. The second kappa shape index (κ2) is 5.94. The molecule has 0 radical (unpaired) electrons. The lowest BCUT2D eigenvalue weighted by Gasteiger charge is -2.14. The maximum absolute atomic E-state index is 10.6. The molecule has 0 atom stereocenters. The van der Waals surface area contributed by atoms with Gasteiger partial charge in [0.1, 0.15) is 0 Å². The Kier molecular flexibility index (Phi) is 4.22. The molecule has 0 spiro atoms. The second-order valence-electron chi connectivity index (χ2n) is 5.77. The zero-order valence-electron chi connectivity index (χ0n) is 12.5. The van der Waals surface area contributed by atoms with E-state index in [0.29, 0.717) is 11.4 Å². The topological polar surface area (TPSA) is 116 Å². The van der Waals surface area contributed by atoms with Crippen molar-refractivity contribution in [3.8, 4) is 0 Å². The van der Waals surface area contributed by atoms with Gasteiger partial charge in [0, 0.05) is 34.9 Å². The maximum Gasteiger partial charge on any atom is 0.269 e. The standard InChI is InChI=1S/C14H17N5O3/c1-14(2,3)11-8-12(17-16-11)15-13(18-20)9-4-6-10(7-5-9)19(21)22/h4-8,20H,1-3H3,(H2,15,16,17,18). The summed E-state index contributed by atoms with van der Waals surface area (Å²) in [5, 5.41) is 26.8. The quantitative estimate of drug-likeness (QED) is 0.349. The molecule has 2 aromatic rings. The number of aliphatic imine (C=N–C) groups is 1. The summed E-state index contributed by atoms with van der Waals surface area (Å²) in [5.41, 5.74) is 3.28. The predicted octanol–water partition coefficient (Wildman–Crippen LogP) is 2.67. The van der Waals surface area contributed by atoms with Crippen LogP contribution in [0.25, 0.3) is 0 Å². The Morgan fingerprint density at radius 2 is 2.00 bits per heavy atom. The number of hydrogen-bond donors (Lipinski definition) is 3. The fraction of sp³-hybridized carbons (Fsp3) is 0.286. The van der Waals surface area contributed by atoms with Crippen LogP contribution in [0.3, 0.4) is 0 Å². The molecule has 22 heavy (non-hydrogen) atoms. The van der Waals surface area contributed by atoms with Crippen molar-refractivity contribution in [1.29, 1.82) is 0 Å². The first-order chi connectivity index (χ1) is 10.3. The van der Waals surface area contributed by atoms with Gasteiger partial charge in [0.2, 0.25) is 0 Å². The number of nitro benzene ring substituents is 1. The van der Waals surface area contributed by atoms with E-state index >= 15 is 0 Å². The van der Waals surface area contributed by atoms with Gasteiger partial charge in [-0.15, -0.1) is 0 Å². The zero-order valence-corrected chi connectivity index (χ0v) is 12.5. The summed E-state index contributed by atoms with van der Waals surface area (Å²) >= 11 is 0. The third kappa shape index (κ3) is 3.47. The number of nitrogens with one attached hydrogen (secondary N) is 2. The molecule has 0 bridgehead atoms. The molecule has 0 saturated heterocycles. The Hall–Kier alpha value is -2.74. The molecule has 1 heterocycles. The van der Waals surface area contributed by atoms with Crippen molar-refractivity contribution in [2.75, 3.05) is 0 Å². The summed E-state index contributed by atoms with van der Waals surface area (Å²) in [6.07, 6.45) is 0. The van der Waals surface area contributed by atoms with Crippen LogP contribution in [-0.2, 0) is 5.41 Å². The van der Waals surface area contributed by atoms with Gasteiger partial charge in [0.15, 0.2) is 11.7 Å². The number of nitro groups is 1. The van der Waals surface area contributed by atoms with Crippen molar-refractivity contribution in [2.45, 2.75) is 26.2 Å². The van der Waals surface area contributed by atoms with Crippen LogP contribution in [-0.4, -0.2) is 26.2 Å². The normalized spacial score (nSPS) is 12.3. The summed E-state index contributed by atoms with van der Waals surface area (Å²) < 4.78 is 0. The molecule has 8 nitrogen and oxygen atoms in total. The van der Waals surface area contributed by atoms with Crippen molar-refractivity contribution in [1.82, 2.24) is 15.7 Å². The smallest absolute Gasteiger partial charge is 0.269 e. The van der Waals surface area contributed by atoms with Gasteiger partial charge in [-0.2, -0.15) is 5.10 Å². The highest BCUT2D eigenvalue weighted by atomic mass is 16.6. The Balaban J connectivity index is 2.31. The Labute approximate surface area is 127 Å². The molecule has 0 unspecified atom stereocenters. The van der Waals surface area contributed by atoms with E-state index in [1.807, 2.05) is 26.3 Å². The van der Waals surface area contributed by atoms with Crippen LogP contribution in [0.2, 0.25) is 0 Å². The summed E-state index contributed by atoms with van der Waals surface area (Å²) in [4.78, 5) is 14.3. The van der Waals surface area contributed by atoms with Crippen LogP contribution in [0.4, 0.5) is 11.5 Å². The summed E-state index contributed by atoms with van der Waals surface area (Å²) in [7, 11) is 0. The number of H-pyrrole nitrogens is 1. The number of rotatable bonds is 3. The molecule has 8 heteroatoms. The van der Waals surface area contributed by atoms with Crippen LogP contribution < -0.4 is 5.48 Å². The van der Waals surface area contributed by atoms with E-state index < -0.39 is 4.92 Å². The largest absolute Gasteiger partial charge is 0.290 e. The van der Waals surface area contributed by atoms with Crippen LogP contribution in [0.1, 0.15) is 32.0 Å². The summed E-state index contributed by atoms with van der Waals surface area (Å²) in [6, 6.07) is 7.46. The molecule has 0 amide bonds. The average molecular weight is 303 g/mol. The van der Waals surface area contributed by atoms with Gasteiger partial charge >= 0.3 is 0 Å². The fourth-order valence-electron chi connectivity index (χ4n) is 1.76. The summed E-state index contributed by atoms with van der Waals surface area (Å²) in [5.74, 6) is 0.557. The van der Waals surface area contributed by atoms with E-state index in [1.165, 1.54) is 24.3 Å². The molecule has 0 aliphatic carbocycles. The highest BCUT2D eigenvalue weighted by Gasteiger charge is 2.17. The van der Waals surface area contributed by atoms with Crippen molar-refractivity contribution in [3.63, 3.8) is 0 Å². The van der Waals surface area contributed by atoms with E-state index in [2.05, 4.69) is 15.2 Å². The van der Waals surface area contributed by atoms with Crippen molar-refractivity contribution in [2.24, 2.45) is 4.99 Å². The highest BCUT2D eigenvalue weighted by Crippen LogP contribution is 2.23. The van der Waals surface area contributed by atoms with Gasteiger partial charge in [-0.05, 0) is 12.1 Å². The highest BCUT2D eigenvalue weighted by molar-refractivity contribution is 5.99. The summed E-state index contributed by atoms with van der Waals surface area (Å²) in [6.45, 7) is 6.11. The molecule has 0 aliphatic rings. The van der Waals surface area contributed by atoms with E-state index in [4.69, 9.17) is 0 Å². The number of benzene rings is 1. The van der Waals surface area contributed by atoms with Gasteiger partial charge in [0.25, 0.3) is 5.69 Å². The molecule has 2 rings (SSSR count). The lowest BCUT2D eigenvalue weighted by molar-refractivity contribution is -0.384. The monoisotopic (exact) mass is 303 g/mol. The van der Waals surface area contributed by atoms with Gasteiger partial charge < -0.3 is 0 Å². The SMILES string of the molecule is CC(C)(C)c1cc(N=C(NO)c2ccc([N+](=O)[O-])cc2)n[nH]1. The number of aromatic nitrogens is 2. The number of nitrogens with zero attached hydrogens (tertiary/aromatic N) is 3. The maximum atomic E-state index is 10.6. The fourth-order valence-corrected chi connectivity index (χ4v) is 1.76. The second-order valence-corrected chi connectivity index (χ2v) is 5.77. The van der Waals surface area contributed by atoms with E-state index in [-0.39, 0.29) is 16.9 Å². The molecule has 116 valence electrons. The average Bonchev–Trinajstić information content (AvgIpc) is 2.93. The van der Waals surface area contributed by atoms with Gasteiger partial charge in [-0.1, -0.05) is 20.8 Å². The van der Waals surface area contributed by atoms with Crippen LogP contribution in [0.15, 0.2) is 35.3 Å². The van der Waals surface area contributed by atoms with Crippen LogP contribution in [0.5, 0.6) is 0 Å². The number of aromatic amines is 1. The molecule has 0 saturated carbocycles. The van der Waals surface area contributed by atoms with Crippen molar-refractivity contribution >= 4 is 17.3 Å². The minimum atomic E-state index is -0.490. The Bertz CT molecular complexity index is 698. The first-order valence-corrected chi connectivity index (χ1v) is 6.61. The van der Waals surface area contributed by atoms with Crippen molar-refractivity contribution in [3.05, 3.63) is 51.7 Å². The zero-order chi connectivity index (χ0) is 16.3. The first kappa shape index (κ1) is 15.6. The predicted molar refractivity (Wildman–Crippen MR) is 81.5 cm³/mol. The number of hydroxylamine groups is 1. The lowest BCUT2D eigenvalue weighted by atomic mass is 9.92. The molecule has 0 aliphatic heterocycles. The van der Waals surface area contributed by atoms with Crippen LogP contribution in [0, 0.1) is 10.1 Å². The molecule has 0 fully saturated rings. The number of amidine groups is 1. The van der Waals surface area contributed by atoms with Gasteiger partial charge in [0.05, 0.1) is 4.92 Å². The minimum absolute atomic E-state index is 0.0316. The van der Waals surface area contributed by atoms with E-state index in [0.717, 1.165) is 5.69 Å². The third-order valence-electron chi connectivity index (χ3n) is 3.06. The molecular weight excluding hydrogens is 286 g/mol.